The Hall–Kier alpha value is -1.76. The number of hydrogen-bond acceptors (Lipinski definition) is 4. The highest BCUT2D eigenvalue weighted by atomic mass is 16.2. The summed E-state index contributed by atoms with van der Waals surface area (Å²) < 4.78 is 0. The lowest BCUT2D eigenvalue weighted by Gasteiger charge is -2.15. The van der Waals surface area contributed by atoms with E-state index in [4.69, 9.17) is 5.73 Å². The third-order valence-corrected chi connectivity index (χ3v) is 1.43. The highest BCUT2D eigenvalue weighted by Crippen LogP contribution is 2.00. The van der Waals surface area contributed by atoms with E-state index in [0.29, 0.717) is 0 Å². The molecule has 7 heteroatoms. The van der Waals surface area contributed by atoms with Crippen molar-refractivity contribution in [3.8, 4) is 0 Å². The SMILES string of the molecule is N[C@@H]1N=C2NC(=O)N=C2C(=O)N1. The monoisotopic (exact) mass is 167 g/mol. The first-order chi connectivity index (χ1) is 5.66. The number of urea groups is 1. The summed E-state index contributed by atoms with van der Waals surface area (Å²) in [5, 5.41) is 4.58. The molecule has 2 rings (SSSR count). The van der Waals surface area contributed by atoms with E-state index in [1.165, 1.54) is 0 Å². The lowest BCUT2D eigenvalue weighted by molar-refractivity contribution is -0.115. The second-order valence-electron chi connectivity index (χ2n) is 2.29. The van der Waals surface area contributed by atoms with Crippen molar-refractivity contribution in [2.75, 3.05) is 0 Å². The number of carbonyl (C=O) groups is 2. The van der Waals surface area contributed by atoms with Gasteiger partial charge in [-0.3, -0.25) is 15.8 Å². The van der Waals surface area contributed by atoms with Crippen molar-refractivity contribution in [1.82, 2.24) is 10.6 Å². The molecule has 62 valence electrons. The molecule has 0 saturated heterocycles. The smallest absolute Gasteiger partial charge is 0.316 e. The average molecular weight is 167 g/mol. The van der Waals surface area contributed by atoms with Crippen LogP contribution in [0.1, 0.15) is 0 Å². The zero-order valence-electron chi connectivity index (χ0n) is 5.87. The summed E-state index contributed by atoms with van der Waals surface area (Å²) in [5.41, 5.74) is 5.30. The summed E-state index contributed by atoms with van der Waals surface area (Å²) in [6.45, 7) is 0. The van der Waals surface area contributed by atoms with Crippen LogP contribution < -0.4 is 16.4 Å². The molecule has 0 aromatic carbocycles. The Labute approximate surface area is 66.7 Å². The van der Waals surface area contributed by atoms with Gasteiger partial charge >= 0.3 is 6.03 Å². The fourth-order valence-electron chi connectivity index (χ4n) is 0.969. The van der Waals surface area contributed by atoms with Crippen molar-refractivity contribution in [3.63, 3.8) is 0 Å². The van der Waals surface area contributed by atoms with Gasteiger partial charge in [0.05, 0.1) is 0 Å². The minimum atomic E-state index is -0.801. The summed E-state index contributed by atoms with van der Waals surface area (Å²) >= 11 is 0. The molecule has 0 aromatic rings. The molecule has 3 amide bonds. The molecule has 1 atom stereocenters. The van der Waals surface area contributed by atoms with Crippen molar-refractivity contribution in [2.24, 2.45) is 15.7 Å². The predicted octanol–water partition coefficient (Wildman–Crippen LogP) is -2.08. The Balaban J connectivity index is 2.44. The number of fused-ring (bicyclic) bond motifs is 1. The zero-order valence-corrected chi connectivity index (χ0v) is 5.87. The normalized spacial score (nSPS) is 26.9. The maximum Gasteiger partial charge on any atom is 0.347 e. The van der Waals surface area contributed by atoms with Crippen molar-refractivity contribution in [1.29, 1.82) is 0 Å². The van der Waals surface area contributed by atoms with E-state index in [1.54, 1.807) is 0 Å². The number of nitrogens with two attached hydrogens (primary N) is 1. The summed E-state index contributed by atoms with van der Waals surface area (Å²) in [4.78, 5) is 28.8. The van der Waals surface area contributed by atoms with Crippen LogP contribution in [0, 0.1) is 0 Å². The van der Waals surface area contributed by atoms with Crippen molar-refractivity contribution in [2.45, 2.75) is 6.29 Å². The highest BCUT2D eigenvalue weighted by Gasteiger charge is 2.31. The molecule has 0 fully saturated rings. The quantitative estimate of drug-likeness (QED) is 0.385. The fraction of sp³-hybridized carbons (Fsp3) is 0.200. The van der Waals surface area contributed by atoms with Crippen LogP contribution in [0.2, 0.25) is 0 Å². The first-order valence-corrected chi connectivity index (χ1v) is 3.21. The molecule has 2 aliphatic rings. The van der Waals surface area contributed by atoms with Crippen LogP contribution >= 0.6 is 0 Å². The van der Waals surface area contributed by atoms with Crippen LogP contribution in [0.4, 0.5) is 4.79 Å². The van der Waals surface area contributed by atoms with Gasteiger partial charge in [-0.2, -0.15) is 4.99 Å². The number of nitrogens with zero attached hydrogens (tertiary/aromatic N) is 2. The molecular weight excluding hydrogens is 162 g/mol. The molecular formula is C5H5N5O2. The number of amides is 3. The van der Waals surface area contributed by atoms with Crippen LogP contribution in [0.15, 0.2) is 9.98 Å². The maximum absolute atomic E-state index is 11.0. The molecule has 0 unspecified atom stereocenters. The van der Waals surface area contributed by atoms with Crippen molar-refractivity contribution in [3.05, 3.63) is 0 Å². The van der Waals surface area contributed by atoms with Gasteiger partial charge in [-0.25, -0.2) is 9.79 Å². The van der Waals surface area contributed by atoms with Crippen LogP contribution in [0.25, 0.3) is 0 Å². The van der Waals surface area contributed by atoms with Crippen LogP contribution in [-0.2, 0) is 4.79 Å². The van der Waals surface area contributed by atoms with Crippen LogP contribution in [0.5, 0.6) is 0 Å². The van der Waals surface area contributed by atoms with E-state index in [2.05, 4.69) is 20.6 Å². The number of aliphatic imine (C=N–C) groups is 2. The van der Waals surface area contributed by atoms with Gasteiger partial charge in [-0.15, -0.1) is 0 Å². The number of rotatable bonds is 0. The molecule has 0 bridgehead atoms. The Morgan fingerprint density at radius 2 is 2.17 bits per heavy atom. The van der Waals surface area contributed by atoms with E-state index >= 15 is 0 Å². The first kappa shape index (κ1) is 6.92. The molecule has 0 aromatic heterocycles. The lowest BCUT2D eigenvalue weighted by Crippen LogP contribution is -2.51. The highest BCUT2D eigenvalue weighted by molar-refractivity contribution is 6.70. The van der Waals surface area contributed by atoms with Gasteiger partial charge in [0.15, 0.2) is 17.8 Å². The molecule has 0 saturated carbocycles. The van der Waals surface area contributed by atoms with Gasteiger partial charge in [0.2, 0.25) is 0 Å². The number of amidine groups is 1. The third kappa shape index (κ3) is 0.873. The number of carbonyl (C=O) groups excluding carboxylic acids is 2. The molecule has 0 radical (unpaired) electrons. The third-order valence-electron chi connectivity index (χ3n) is 1.43. The molecule has 0 spiro atoms. The summed E-state index contributed by atoms with van der Waals surface area (Å²) in [5.74, 6) is -0.331. The predicted molar refractivity (Wildman–Crippen MR) is 39.5 cm³/mol. The number of nitrogens with one attached hydrogen (secondary N) is 2. The Morgan fingerprint density at radius 3 is 2.92 bits per heavy atom. The Morgan fingerprint density at radius 1 is 1.42 bits per heavy atom. The standard InChI is InChI=1S/C5H5N5O2/c6-4-8-2-1(3(11)10-4)7-5(12)9-2/h4H,6H2,(H,10,11)(H,8,9,12)/t4-/m1/s1. The topological polar surface area (TPSA) is 109 Å². The van der Waals surface area contributed by atoms with Crippen LogP contribution in [-0.4, -0.2) is 29.8 Å². The van der Waals surface area contributed by atoms with E-state index in [1.807, 2.05) is 0 Å². The van der Waals surface area contributed by atoms with Gasteiger partial charge in [0, 0.05) is 0 Å². The molecule has 12 heavy (non-hydrogen) atoms. The first-order valence-electron chi connectivity index (χ1n) is 3.21. The molecule has 7 nitrogen and oxygen atoms in total. The summed E-state index contributed by atoms with van der Waals surface area (Å²) in [6.07, 6.45) is -0.801. The van der Waals surface area contributed by atoms with Crippen molar-refractivity contribution >= 4 is 23.5 Å². The van der Waals surface area contributed by atoms with Crippen LogP contribution in [0.3, 0.4) is 0 Å². The Bertz CT molecular complexity index is 331. The van der Waals surface area contributed by atoms with Crippen molar-refractivity contribution < 1.29 is 9.59 Å². The van der Waals surface area contributed by atoms with E-state index in [0.717, 1.165) is 0 Å². The minimum Gasteiger partial charge on any atom is -0.316 e. The molecule has 0 aliphatic carbocycles. The molecule has 4 N–H and O–H groups in total. The van der Waals surface area contributed by atoms with Gasteiger partial charge in [0.1, 0.15) is 0 Å². The van der Waals surface area contributed by atoms with E-state index in [9.17, 15) is 9.59 Å². The van der Waals surface area contributed by atoms with Gasteiger partial charge < -0.3 is 5.32 Å². The fourth-order valence-corrected chi connectivity index (χ4v) is 0.969. The van der Waals surface area contributed by atoms with Gasteiger partial charge in [-0.05, 0) is 0 Å². The van der Waals surface area contributed by atoms with Gasteiger partial charge in [-0.1, -0.05) is 0 Å². The van der Waals surface area contributed by atoms with E-state index in [-0.39, 0.29) is 11.5 Å². The summed E-state index contributed by atoms with van der Waals surface area (Å²) in [6, 6.07) is -0.590. The summed E-state index contributed by atoms with van der Waals surface area (Å²) in [7, 11) is 0. The van der Waals surface area contributed by atoms with Gasteiger partial charge in [0.25, 0.3) is 5.91 Å². The van der Waals surface area contributed by atoms with E-state index < -0.39 is 18.2 Å². The largest absolute Gasteiger partial charge is 0.347 e. The lowest BCUT2D eigenvalue weighted by atomic mass is 10.3. The number of hydrogen-bond donors (Lipinski definition) is 3. The maximum atomic E-state index is 11.0. The second kappa shape index (κ2) is 2.11. The second-order valence-corrected chi connectivity index (χ2v) is 2.29. The zero-order chi connectivity index (χ0) is 8.72. The average Bonchev–Trinajstić information content (AvgIpc) is 2.29. The Kier molecular flexibility index (Phi) is 1.22. The molecule has 2 aliphatic heterocycles. The minimum absolute atomic E-state index is 0.00157. The molecule has 2 heterocycles.